The molecular weight excluding hydrogens is 603 g/mol. The first-order valence-corrected chi connectivity index (χ1v) is 13.3. The van der Waals surface area contributed by atoms with Crippen LogP contribution in [0.3, 0.4) is 0 Å². The van der Waals surface area contributed by atoms with Gasteiger partial charge in [0, 0.05) is 22.3 Å². The summed E-state index contributed by atoms with van der Waals surface area (Å²) in [6.45, 7) is 1.15. The Morgan fingerprint density at radius 2 is 0.860 bits per heavy atom. The molecule has 0 atom stereocenters. The Labute approximate surface area is 244 Å². The van der Waals surface area contributed by atoms with Crippen LogP contribution in [0.15, 0.2) is 58.4 Å². The van der Waals surface area contributed by atoms with Crippen molar-refractivity contribution in [2.24, 2.45) is 5.41 Å². The van der Waals surface area contributed by atoms with E-state index < -0.39 is 95.4 Å². The summed E-state index contributed by atoms with van der Waals surface area (Å²) < 4.78 is 23.0. The number of phosphoric ester groups is 1. The van der Waals surface area contributed by atoms with Crippen LogP contribution < -0.4 is 0 Å². The Morgan fingerprint density at radius 1 is 0.581 bits per heavy atom. The lowest BCUT2D eigenvalue weighted by Crippen LogP contribution is -2.65. The van der Waals surface area contributed by atoms with Crippen LogP contribution in [0, 0.1) is 5.41 Å². The molecule has 17 nitrogen and oxygen atoms in total. The predicted octanol–water partition coefficient (Wildman–Crippen LogP) is 0.673. The molecule has 0 heterocycles. The number of carboxylic acids is 5. The number of aliphatic carboxylic acids is 5. The van der Waals surface area contributed by atoms with Crippen molar-refractivity contribution in [1.29, 1.82) is 0 Å². The number of rotatable bonds is 17. The van der Waals surface area contributed by atoms with Crippen molar-refractivity contribution in [3.63, 3.8) is 0 Å². The Morgan fingerprint density at radius 3 is 1.09 bits per heavy atom. The second-order valence-electron chi connectivity index (χ2n) is 9.32. The van der Waals surface area contributed by atoms with E-state index in [9.17, 15) is 74.1 Å². The molecule has 0 amide bonds. The van der Waals surface area contributed by atoms with E-state index in [1.165, 1.54) is 0 Å². The van der Waals surface area contributed by atoms with Crippen molar-refractivity contribution in [3.05, 3.63) is 58.4 Å². The minimum absolute atomic E-state index is 0.382. The largest absolute Gasteiger partial charge is 0.485 e. The van der Waals surface area contributed by atoms with Gasteiger partial charge < -0.3 is 50.3 Å². The Kier molecular flexibility index (Phi) is 13.4. The van der Waals surface area contributed by atoms with Crippen molar-refractivity contribution in [2.45, 2.75) is 45.8 Å². The van der Waals surface area contributed by atoms with Gasteiger partial charge in [-0.1, -0.05) is 0 Å². The van der Waals surface area contributed by atoms with Gasteiger partial charge in [0.2, 0.25) is 0 Å². The lowest BCUT2D eigenvalue weighted by molar-refractivity contribution is -0.159. The van der Waals surface area contributed by atoms with E-state index >= 15 is 0 Å². The molecule has 0 aromatic carbocycles. The van der Waals surface area contributed by atoms with E-state index in [2.05, 4.69) is 0 Å². The first-order valence-electron chi connectivity index (χ1n) is 11.7. The van der Waals surface area contributed by atoms with Gasteiger partial charge in [-0.05, 0) is 58.9 Å². The molecule has 0 saturated carbocycles. The van der Waals surface area contributed by atoms with Crippen LogP contribution in [0.2, 0.25) is 0 Å². The third kappa shape index (κ3) is 9.44. The second kappa shape index (κ2) is 14.9. The number of aliphatic hydroxyl groups is 2. The van der Waals surface area contributed by atoms with Crippen molar-refractivity contribution in [2.75, 3.05) is 13.2 Å². The highest BCUT2D eigenvalue weighted by Crippen LogP contribution is 2.56. The molecule has 43 heavy (non-hydrogen) atoms. The van der Waals surface area contributed by atoms with E-state index in [1.807, 2.05) is 0 Å². The molecule has 0 aliphatic rings. The topological polar surface area (TPSA) is 303 Å². The van der Waals surface area contributed by atoms with Crippen molar-refractivity contribution in [1.82, 2.24) is 0 Å². The number of phosphoric acid groups is 1. The molecule has 0 fully saturated rings. The predicted molar refractivity (Wildman–Crippen MR) is 143 cm³/mol. The lowest BCUT2D eigenvalue weighted by atomic mass is 9.59. The van der Waals surface area contributed by atoms with Crippen LogP contribution in [-0.4, -0.2) is 99.8 Å². The van der Waals surface area contributed by atoms with Gasteiger partial charge in [0.1, 0.15) is 11.0 Å². The molecular formula is C25H33O17P. The highest BCUT2D eigenvalue weighted by atomic mass is 31.2. The fourth-order valence-electron chi connectivity index (χ4n) is 3.77. The Hall–Kier alpha value is -4.12. The molecule has 0 unspecified atom stereocenters. The fourth-order valence-corrected chi connectivity index (χ4v) is 4.45. The number of hydrogen-bond acceptors (Lipinski definition) is 10. The zero-order chi connectivity index (χ0) is 34.1. The average Bonchev–Trinajstić information content (AvgIpc) is 2.86. The molecule has 0 aliphatic heterocycles. The number of hydrogen-bond donors (Lipinski definition) is 9. The maximum Gasteiger partial charge on any atom is 0.470 e. The van der Waals surface area contributed by atoms with Crippen LogP contribution in [0.1, 0.15) is 34.6 Å². The molecule has 0 rings (SSSR count). The fraction of sp³-hybridized carbons (Fsp3) is 0.400. The van der Waals surface area contributed by atoms with Crippen LogP contribution in [0.25, 0.3) is 0 Å². The molecule has 240 valence electrons. The maximum absolute atomic E-state index is 12.4. The zero-order valence-electron chi connectivity index (χ0n) is 23.5. The number of carboxylic acid groups (broad SMARTS) is 5. The first kappa shape index (κ1) is 38.9. The lowest BCUT2D eigenvalue weighted by Gasteiger charge is -2.53. The standard InChI is InChI=1S/C25H33O17P/c1-13(18(28)29)6-24(7-14(2)19(30)31,41-10-17(5)22(36)37)23(11-26,12-27)25(42-43(38,39)40,8-15(3)20(32)33)9-16(4)21(34)35/h6-10,26-27H,11-12H2,1-5H3,(H,28,29)(H,30,31)(H,32,33)(H,34,35)(H,36,37)(H2,38,39,40). The van der Waals surface area contributed by atoms with Gasteiger partial charge in [-0.3, -0.25) is 4.52 Å². The summed E-state index contributed by atoms with van der Waals surface area (Å²) in [6, 6.07) is 0. The Balaban J connectivity index is 9.21. The van der Waals surface area contributed by atoms with Crippen LogP contribution in [0.4, 0.5) is 0 Å². The molecule has 0 aliphatic carbocycles. The summed E-state index contributed by atoms with van der Waals surface area (Å²) in [5, 5.41) is 69.7. The first-order chi connectivity index (χ1) is 19.5. The molecule has 0 spiro atoms. The van der Waals surface area contributed by atoms with Crippen LogP contribution in [-0.2, 0) is 37.8 Å². The SMILES string of the molecule is CC(=COC(C=C(C)C(=O)O)(C=C(C)C(=O)O)C(CO)(CO)C(C=C(C)C(=O)O)(C=C(C)C(=O)O)OP(=O)(O)O)C(=O)O. The summed E-state index contributed by atoms with van der Waals surface area (Å²) in [5.41, 5.74) is -13.3. The van der Waals surface area contributed by atoms with E-state index in [-0.39, 0.29) is 0 Å². The van der Waals surface area contributed by atoms with Crippen LogP contribution >= 0.6 is 7.82 Å². The summed E-state index contributed by atoms with van der Waals surface area (Å²) in [7, 11) is -5.95. The van der Waals surface area contributed by atoms with E-state index in [4.69, 9.17) is 9.26 Å². The summed E-state index contributed by atoms with van der Waals surface area (Å²) in [4.78, 5) is 79.0. The summed E-state index contributed by atoms with van der Waals surface area (Å²) >= 11 is 0. The highest BCUT2D eigenvalue weighted by Gasteiger charge is 2.65. The summed E-state index contributed by atoms with van der Waals surface area (Å²) in [5.74, 6) is -8.66. The van der Waals surface area contributed by atoms with Gasteiger partial charge in [0.15, 0.2) is 5.60 Å². The molecule has 0 saturated heterocycles. The smallest absolute Gasteiger partial charge is 0.470 e. The van der Waals surface area contributed by atoms with Gasteiger partial charge in [-0.25, -0.2) is 28.5 Å². The normalized spacial score (nSPS) is 17.0. The van der Waals surface area contributed by atoms with Gasteiger partial charge >= 0.3 is 37.7 Å². The van der Waals surface area contributed by atoms with Crippen molar-refractivity contribution in [3.8, 4) is 0 Å². The monoisotopic (exact) mass is 636 g/mol. The van der Waals surface area contributed by atoms with E-state index in [0.717, 1.165) is 34.6 Å². The molecule has 18 heteroatoms. The van der Waals surface area contributed by atoms with Crippen molar-refractivity contribution >= 4 is 37.7 Å². The highest BCUT2D eigenvalue weighted by molar-refractivity contribution is 7.46. The third-order valence-corrected chi connectivity index (χ3v) is 6.69. The Bertz CT molecular complexity index is 1280. The molecule has 0 radical (unpaired) electrons. The molecule has 0 aromatic heterocycles. The van der Waals surface area contributed by atoms with Gasteiger partial charge in [0.25, 0.3) is 0 Å². The molecule has 0 aromatic rings. The van der Waals surface area contributed by atoms with E-state index in [0.29, 0.717) is 30.6 Å². The van der Waals surface area contributed by atoms with Gasteiger partial charge in [-0.2, -0.15) is 0 Å². The maximum atomic E-state index is 12.4. The number of ether oxygens (including phenoxy) is 1. The summed E-state index contributed by atoms with van der Waals surface area (Å²) in [6.07, 6.45) is 2.25. The zero-order valence-corrected chi connectivity index (χ0v) is 24.4. The number of carbonyl (C=O) groups is 5. The van der Waals surface area contributed by atoms with Crippen LogP contribution in [0.5, 0.6) is 0 Å². The molecule has 0 bridgehead atoms. The number of aliphatic hydroxyl groups excluding tert-OH is 2. The van der Waals surface area contributed by atoms with Gasteiger partial charge in [0.05, 0.1) is 25.0 Å². The molecule has 9 N–H and O–H groups in total. The minimum Gasteiger partial charge on any atom is -0.485 e. The quantitative estimate of drug-likeness (QED) is 0.0602. The third-order valence-electron chi connectivity index (χ3n) is 6.15. The van der Waals surface area contributed by atoms with Crippen molar-refractivity contribution < 1.29 is 83.3 Å². The van der Waals surface area contributed by atoms with Gasteiger partial charge in [-0.15, -0.1) is 0 Å². The minimum atomic E-state index is -5.95. The second-order valence-corrected chi connectivity index (χ2v) is 10.5. The average molecular weight is 636 g/mol. The van der Waals surface area contributed by atoms with E-state index in [1.54, 1.807) is 0 Å².